The molecular weight excluding hydrogens is 126 g/mol. The summed E-state index contributed by atoms with van der Waals surface area (Å²) in [6.07, 6.45) is 3.97. The van der Waals surface area contributed by atoms with Crippen LogP contribution in [0.4, 0.5) is 0 Å². The number of rotatable bonds is 5. The van der Waals surface area contributed by atoms with Gasteiger partial charge in [-0.15, -0.1) is 0 Å². The van der Waals surface area contributed by atoms with Crippen molar-refractivity contribution >= 4 is 0 Å². The van der Waals surface area contributed by atoms with Gasteiger partial charge in [-0.05, 0) is 18.4 Å². The van der Waals surface area contributed by atoms with Crippen molar-refractivity contribution in [2.45, 2.75) is 26.7 Å². The molecule has 0 saturated carbocycles. The Morgan fingerprint density at radius 2 is 2.00 bits per heavy atom. The highest BCUT2D eigenvalue weighted by Crippen LogP contribution is 2.04. The number of allylic oxidation sites excluding steroid dienone is 1. The number of ether oxygens (including phenoxy) is 1. The predicted octanol–water partition coefficient (Wildman–Crippen LogP) is 1.67. The van der Waals surface area contributed by atoms with E-state index in [1.165, 1.54) is 5.57 Å². The normalized spacial score (nSPS) is 9.10. The molecule has 0 aliphatic rings. The Labute approximate surface area is 63.1 Å². The Hall–Kier alpha value is -0.500. The fraction of sp³-hybridized carbons (Fsp3) is 0.750. The zero-order valence-corrected chi connectivity index (χ0v) is 6.89. The van der Waals surface area contributed by atoms with Gasteiger partial charge in [-0.2, -0.15) is 0 Å². The summed E-state index contributed by atoms with van der Waals surface area (Å²) >= 11 is 0. The molecule has 0 aliphatic heterocycles. The van der Waals surface area contributed by atoms with E-state index in [0.717, 1.165) is 12.8 Å². The van der Waals surface area contributed by atoms with Crippen LogP contribution in [-0.2, 0) is 4.74 Å². The summed E-state index contributed by atoms with van der Waals surface area (Å²) < 4.78 is 5.14. The Morgan fingerprint density at radius 1 is 1.40 bits per heavy atom. The van der Waals surface area contributed by atoms with Crippen molar-refractivity contribution in [3.05, 3.63) is 11.8 Å². The van der Waals surface area contributed by atoms with E-state index in [9.17, 15) is 0 Å². The molecule has 0 radical (unpaired) electrons. The van der Waals surface area contributed by atoms with Crippen LogP contribution in [0.2, 0.25) is 0 Å². The Balaban J connectivity index is 3.43. The smallest absolute Gasteiger partial charge is 0.0995 e. The van der Waals surface area contributed by atoms with Gasteiger partial charge >= 0.3 is 0 Å². The molecule has 0 heterocycles. The molecule has 0 amide bonds. The molecule has 0 fully saturated rings. The van der Waals surface area contributed by atoms with Gasteiger partial charge in [-0.3, -0.25) is 0 Å². The molecule has 10 heavy (non-hydrogen) atoms. The van der Waals surface area contributed by atoms with Gasteiger partial charge in [0, 0.05) is 6.54 Å². The topological polar surface area (TPSA) is 35.2 Å². The first-order chi connectivity index (χ1) is 4.85. The molecule has 60 valence electrons. The minimum absolute atomic E-state index is 0.594. The highest BCUT2D eigenvalue weighted by atomic mass is 16.5. The standard InChI is InChI=1S/C8H17NO/c1-3-8(4-2)7-10-6-5-9/h7H,3-6,9H2,1-2H3. The molecule has 0 unspecified atom stereocenters. The van der Waals surface area contributed by atoms with Crippen LogP contribution in [-0.4, -0.2) is 13.2 Å². The van der Waals surface area contributed by atoms with Crippen molar-refractivity contribution in [3.8, 4) is 0 Å². The lowest BCUT2D eigenvalue weighted by molar-refractivity contribution is 0.255. The number of nitrogens with two attached hydrogens (primary N) is 1. The molecule has 0 aromatic rings. The number of hydrogen-bond donors (Lipinski definition) is 1. The first-order valence-corrected chi connectivity index (χ1v) is 3.84. The van der Waals surface area contributed by atoms with E-state index in [-0.39, 0.29) is 0 Å². The molecule has 0 aliphatic carbocycles. The van der Waals surface area contributed by atoms with Gasteiger partial charge in [0.2, 0.25) is 0 Å². The fourth-order valence-electron chi connectivity index (χ4n) is 0.661. The van der Waals surface area contributed by atoms with Gasteiger partial charge in [-0.1, -0.05) is 13.8 Å². The van der Waals surface area contributed by atoms with Crippen LogP contribution in [0.15, 0.2) is 11.8 Å². The van der Waals surface area contributed by atoms with E-state index in [2.05, 4.69) is 13.8 Å². The molecule has 2 N–H and O–H groups in total. The Bertz CT molecular complexity index is 93.4. The Kier molecular flexibility index (Phi) is 6.29. The van der Waals surface area contributed by atoms with Gasteiger partial charge in [-0.25, -0.2) is 0 Å². The summed E-state index contributed by atoms with van der Waals surface area (Å²) in [5.41, 5.74) is 6.58. The maximum atomic E-state index is 5.24. The van der Waals surface area contributed by atoms with Crippen LogP contribution in [0, 0.1) is 0 Å². The average molecular weight is 143 g/mol. The van der Waals surface area contributed by atoms with E-state index in [1.54, 1.807) is 0 Å². The summed E-state index contributed by atoms with van der Waals surface area (Å²) in [5.74, 6) is 0. The maximum Gasteiger partial charge on any atom is 0.0995 e. The molecule has 2 heteroatoms. The molecule has 0 rings (SSSR count). The maximum absolute atomic E-state index is 5.24. The number of hydrogen-bond acceptors (Lipinski definition) is 2. The Morgan fingerprint density at radius 3 is 2.40 bits per heavy atom. The van der Waals surface area contributed by atoms with Crippen molar-refractivity contribution in [2.75, 3.05) is 13.2 Å². The lowest BCUT2D eigenvalue weighted by Gasteiger charge is -2.01. The first-order valence-electron chi connectivity index (χ1n) is 3.84. The quantitative estimate of drug-likeness (QED) is 0.469. The molecule has 0 atom stereocenters. The SMILES string of the molecule is CCC(=COCCN)CC. The van der Waals surface area contributed by atoms with E-state index in [1.807, 2.05) is 6.26 Å². The third kappa shape index (κ3) is 4.39. The summed E-state index contributed by atoms with van der Waals surface area (Å²) in [5, 5.41) is 0. The molecule has 2 nitrogen and oxygen atoms in total. The van der Waals surface area contributed by atoms with Crippen LogP contribution >= 0.6 is 0 Å². The summed E-state index contributed by atoms with van der Waals surface area (Å²) in [6.45, 7) is 5.48. The third-order valence-corrected chi connectivity index (χ3v) is 1.39. The van der Waals surface area contributed by atoms with Crippen molar-refractivity contribution in [1.29, 1.82) is 0 Å². The van der Waals surface area contributed by atoms with Gasteiger partial charge in [0.15, 0.2) is 0 Å². The van der Waals surface area contributed by atoms with Gasteiger partial charge < -0.3 is 10.5 Å². The molecule has 0 aromatic carbocycles. The van der Waals surface area contributed by atoms with E-state index in [4.69, 9.17) is 10.5 Å². The zero-order valence-electron chi connectivity index (χ0n) is 6.89. The third-order valence-electron chi connectivity index (χ3n) is 1.39. The average Bonchev–Trinajstić information content (AvgIpc) is 1.99. The molecule has 0 aromatic heterocycles. The fourth-order valence-corrected chi connectivity index (χ4v) is 0.661. The summed E-state index contributed by atoms with van der Waals surface area (Å²) in [6, 6.07) is 0. The van der Waals surface area contributed by atoms with Crippen LogP contribution in [0.1, 0.15) is 26.7 Å². The highest BCUT2D eigenvalue weighted by molar-refractivity contribution is 4.95. The van der Waals surface area contributed by atoms with Crippen molar-refractivity contribution in [2.24, 2.45) is 5.73 Å². The second-order valence-corrected chi connectivity index (χ2v) is 2.14. The van der Waals surface area contributed by atoms with Crippen LogP contribution in [0.3, 0.4) is 0 Å². The summed E-state index contributed by atoms with van der Waals surface area (Å²) in [7, 11) is 0. The highest BCUT2D eigenvalue weighted by Gasteiger charge is 1.88. The monoisotopic (exact) mass is 143 g/mol. The van der Waals surface area contributed by atoms with E-state index >= 15 is 0 Å². The molecule has 0 spiro atoms. The largest absolute Gasteiger partial charge is 0.500 e. The van der Waals surface area contributed by atoms with Crippen molar-refractivity contribution in [3.63, 3.8) is 0 Å². The predicted molar refractivity (Wildman–Crippen MR) is 43.7 cm³/mol. The van der Waals surface area contributed by atoms with E-state index < -0.39 is 0 Å². The van der Waals surface area contributed by atoms with Crippen molar-refractivity contribution in [1.82, 2.24) is 0 Å². The lowest BCUT2D eigenvalue weighted by atomic mass is 10.2. The molecular formula is C8H17NO. The lowest BCUT2D eigenvalue weighted by Crippen LogP contribution is -2.05. The second kappa shape index (κ2) is 6.62. The minimum atomic E-state index is 0.594. The van der Waals surface area contributed by atoms with Gasteiger partial charge in [0.05, 0.1) is 12.9 Å². The van der Waals surface area contributed by atoms with Crippen LogP contribution < -0.4 is 5.73 Å². The van der Waals surface area contributed by atoms with Gasteiger partial charge in [0.25, 0.3) is 0 Å². The first kappa shape index (κ1) is 9.50. The molecule has 0 bridgehead atoms. The summed E-state index contributed by atoms with van der Waals surface area (Å²) in [4.78, 5) is 0. The molecule has 0 saturated heterocycles. The zero-order chi connectivity index (χ0) is 7.82. The van der Waals surface area contributed by atoms with E-state index in [0.29, 0.717) is 13.2 Å². The van der Waals surface area contributed by atoms with Crippen molar-refractivity contribution < 1.29 is 4.74 Å². The minimum Gasteiger partial charge on any atom is -0.500 e. The van der Waals surface area contributed by atoms with Gasteiger partial charge in [0.1, 0.15) is 0 Å². The second-order valence-electron chi connectivity index (χ2n) is 2.14. The van der Waals surface area contributed by atoms with Crippen LogP contribution in [0.25, 0.3) is 0 Å². The van der Waals surface area contributed by atoms with Crippen LogP contribution in [0.5, 0.6) is 0 Å².